The zero-order valence-corrected chi connectivity index (χ0v) is 11.3. The molecular formula is C15H28N2. The lowest BCUT2D eigenvalue weighted by atomic mass is 9.79. The van der Waals surface area contributed by atoms with Crippen molar-refractivity contribution in [2.24, 2.45) is 11.8 Å². The van der Waals surface area contributed by atoms with Crippen LogP contribution in [0.1, 0.15) is 39.0 Å². The predicted molar refractivity (Wildman–Crippen MR) is 74.2 cm³/mol. The lowest BCUT2D eigenvalue weighted by Gasteiger charge is -2.43. The maximum Gasteiger partial charge on any atom is 0.0107 e. The average molecular weight is 236 g/mol. The molecule has 1 heterocycles. The van der Waals surface area contributed by atoms with E-state index < -0.39 is 0 Å². The molecule has 0 amide bonds. The molecule has 0 atom stereocenters. The van der Waals surface area contributed by atoms with E-state index in [0.717, 1.165) is 17.9 Å². The zero-order chi connectivity index (χ0) is 12.1. The molecule has 0 aromatic rings. The summed E-state index contributed by atoms with van der Waals surface area (Å²) in [6.07, 6.45) is 8.89. The highest BCUT2D eigenvalue weighted by Crippen LogP contribution is 2.33. The topological polar surface area (TPSA) is 15.3 Å². The van der Waals surface area contributed by atoms with Crippen molar-refractivity contribution in [2.75, 3.05) is 26.2 Å². The maximum atomic E-state index is 3.91. The van der Waals surface area contributed by atoms with Crippen LogP contribution in [0, 0.1) is 11.8 Å². The minimum Gasteiger partial charge on any atom is -0.317 e. The van der Waals surface area contributed by atoms with Gasteiger partial charge in [-0.2, -0.15) is 0 Å². The predicted octanol–water partition coefficient (Wildman–Crippen LogP) is 2.66. The standard InChI is InChI=1S/C15H28N2/c1-3-9-17(15-10-13(4-2)11-15)12-14-5-7-16-8-6-14/h4,13-16H,2-3,5-12H2,1H3. The van der Waals surface area contributed by atoms with Crippen molar-refractivity contribution in [3.63, 3.8) is 0 Å². The van der Waals surface area contributed by atoms with Crippen LogP contribution < -0.4 is 5.32 Å². The third kappa shape index (κ3) is 3.56. The van der Waals surface area contributed by atoms with Gasteiger partial charge in [0.15, 0.2) is 0 Å². The quantitative estimate of drug-likeness (QED) is 0.713. The number of hydrogen-bond acceptors (Lipinski definition) is 2. The van der Waals surface area contributed by atoms with Gasteiger partial charge in [0.1, 0.15) is 0 Å². The van der Waals surface area contributed by atoms with Gasteiger partial charge >= 0.3 is 0 Å². The van der Waals surface area contributed by atoms with E-state index in [0.29, 0.717) is 0 Å². The molecule has 2 rings (SSSR count). The molecule has 1 aliphatic heterocycles. The Kier molecular flexibility index (Phi) is 5.05. The summed E-state index contributed by atoms with van der Waals surface area (Å²) in [4.78, 5) is 2.76. The van der Waals surface area contributed by atoms with Gasteiger partial charge in [-0.05, 0) is 63.6 Å². The first-order valence-corrected chi connectivity index (χ1v) is 7.40. The Morgan fingerprint density at radius 3 is 2.59 bits per heavy atom. The summed E-state index contributed by atoms with van der Waals surface area (Å²) in [7, 11) is 0. The molecule has 2 nitrogen and oxygen atoms in total. The Hall–Kier alpha value is -0.340. The van der Waals surface area contributed by atoms with Crippen molar-refractivity contribution >= 4 is 0 Å². The Labute approximate surface area is 106 Å². The highest BCUT2D eigenvalue weighted by Gasteiger charge is 2.32. The molecule has 1 saturated heterocycles. The van der Waals surface area contributed by atoms with E-state index in [1.807, 2.05) is 0 Å². The summed E-state index contributed by atoms with van der Waals surface area (Å²) in [6.45, 7) is 11.3. The van der Waals surface area contributed by atoms with E-state index in [2.05, 4.69) is 29.8 Å². The van der Waals surface area contributed by atoms with Gasteiger partial charge in [-0.1, -0.05) is 13.0 Å². The smallest absolute Gasteiger partial charge is 0.0107 e. The Morgan fingerprint density at radius 2 is 2.00 bits per heavy atom. The summed E-state index contributed by atoms with van der Waals surface area (Å²) in [5, 5.41) is 3.46. The molecule has 1 aliphatic carbocycles. The first-order chi connectivity index (χ1) is 8.33. The lowest BCUT2D eigenvalue weighted by Crippen LogP contribution is -2.47. The normalized spacial score (nSPS) is 30.2. The van der Waals surface area contributed by atoms with E-state index in [-0.39, 0.29) is 0 Å². The molecule has 0 aromatic heterocycles. The fourth-order valence-corrected chi connectivity index (χ4v) is 3.23. The highest BCUT2D eigenvalue weighted by atomic mass is 15.2. The van der Waals surface area contributed by atoms with Gasteiger partial charge in [-0.3, -0.25) is 0 Å². The molecule has 0 spiro atoms. The van der Waals surface area contributed by atoms with Crippen LogP contribution in [-0.4, -0.2) is 37.1 Å². The fourth-order valence-electron chi connectivity index (χ4n) is 3.23. The van der Waals surface area contributed by atoms with E-state index in [4.69, 9.17) is 0 Å². The summed E-state index contributed by atoms with van der Waals surface area (Å²) < 4.78 is 0. The minimum absolute atomic E-state index is 0.798. The molecule has 98 valence electrons. The van der Waals surface area contributed by atoms with E-state index in [9.17, 15) is 0 Å². The zero-order valence-electron chi connectivity index (χ0n) is 11.3. The number of hydrogen-bond donors (Lipinski definition) is 1. The van der Waals surface area contributed by atoms with Gasteiger partial charge in [0.05, 0.1) is 0 Å². The summed E-state index contributed by atoms with van der Waals surface area (Å²) >= 11 is 0. The molecule has 2 fully saturated rings. The summed E-state index contributed by atoms with van der Waals surface area (Å²) in [5.41, 5.74) is 0. The van der Waals surface area contributed by atoms with Crippen LogP contribution in [0.15, 0.2) is 12.7 Å². The Morgan fingerprint density at radius 1 is 1.29 bits per heavy atom. The van der Waals surface area contributed by atoms with Crippen molar-refractivity contribution in [1.29, 1.82) is 0 Å². The van der Waals surface area contributed by atoms with Crippen molar-refractivity contribution in [1.82, 2.24) is 10.2 Å². The second-order valence-electron chi connectivity index (χ2n) is 5.81. The van der Waals surface area contributed by atoms with Gasteiger partial charge in [-0.25, -0.2) is 0 Å². The number of piperidine rings is 1. The monoisotopic (exact) mass is 236 g/mol. The Balaban J connectivity index is 1.78. The van der Waals surface area contributed by atoms with Crippen molar-refractivity contribution < 1.29 is 0 Å². The Bertz CT molecular complexity index is 227. The van der Waals surface area contributed by atoms with E-state index >= 15 is 0 Å². The fraction of sp³-hybridized carbons (Fsp3) is 0.867. The summed E-state index contributed by atoms with van der Waals surface area (Å²) in [6, 6.07) is 0.854. The van der Waals surface area contributed by atoms with Crippen LogP contribution in [0.4, 0.5) is 0 Å². The molecule has 0 unspecified atom stereocenters. The molecule has 0 radical (unpaired) electrons. The van der Waals surface area contributed by atoms with Crippen LogP contribution in [0.5, 0.6) is 0 Å². The third-order valence-corrected chi connectivity index (χ3v) is 4.46. The number of allylic oxidation sites excluding steroid dienone is 1. The molecule has 0 aromatic carbocycles. The third-order valence-electron chi connectivity index (χ3n) is 4.46. The SMILES string of the molecule is C=CC1CC(N(CCC)CC2CCNCC2)C1. The molecule has 0 bridgehead atoms. The van der Waals surface area contributed by atoms with Crippen molar-refractivity contribution in [3.05, 3.63) is 12.7 Å². The summed E-state index contributed by atoms with van der Waals surface area (Å²) in [5.74, 6) is 1.73. The first-order valence-electron chi connectivity index (χ1n) is 7.40. The minimum atomic E-state index is 0.798. The van der Waals surface area contributed by atoms with Gasteiger partial charge < -0.3 is 10.2 Å². The van der Waals surface area contributed by atoms with E-state index in [1.54, 1.807) is 0 Å². The largest absolute Gasteiger partial charge is 0.317 e. The number of nitrogens with zero attached hydrogens (tertiary/aromatic N) is 1. The highest BCUT2D eigenvalue weighted by molar-refractivity contribution is 4.96. The van der Waals surface area contributed by atoms with Gasteiger partial charge in [-0.15, -0.1) is 6.58 Å². The van der Waals surface area contributed by atoms with Crippen LogP contribution in [0.2, 0.25) is 0 Å². The molecule has 2 heteroatoms. The first kappa shape index (κ1) is 13.1. The van der Waals surface area contributed by atoms with Gasteiger partial charge in [0.25, 0.3) is 0 Å². The molecular weight excluding hydrogens is 208 g/mol. The molecule has 2 aliphatic rings. The van der Waals surface area contributed by atoms with Crippen molar-refractivity contribution in [2.45, 2.75) is 45.1 Å². The van der Waals surface area contributed by atoms with Gasteiger partial charge in [0.2, 0.25) is 0 Å². The van der Waals surface area contributed by atoms with Gasteiger partial charge in [0, 0.05) is 12.6 Å². The van der Waals surface area contributed by atoms with Crippen LogP contribution in [0.3, 0.4) is 0 Å². The number of rotatable bonds is 6. The van der Waals surface area contributed by atoms with E-state index in [1.165, 1.54) is 58.3 Å². The van der Waals surface area contributed by atoms with Crippen LogP contribution >= 0.6 is 0 Å². The lowest BCUT2D eigenvalue weighted by molar-refractivity contribution is 0.0754. The maximum absolute atomic E-state index is 3.91. The average Bonchev–Trinajstić information content (AvgIpc) is 2.29. The van der Waals surface area contributed by atoms with Crippen LogP contribution in [0.25, 0.3) is 0 Å². The second kappa shape index (κ2) is 6.55. The molecule has 1 N–H and O–H groups in total. The molecule has 17 heavy (non-hydrogen) atoms. The van der Waals surface area contributed by atoms with Crippen LogP contribution in [-0.2, 0) is 0 Å². The molecule has 1 saturated carbocycles. The van der Waals surface area contributed by atoms with Crippen molar-refractivity contribution in [3.8, 4) is 0 Å². The number of nitrogens with one attached hydrogen (secondary N) is 1. The second-order valence-corrected chi connectivity index (χ2v) is 5.81.